The monoisotopic (exact) mass is 246 g/mol. The molecule has 0 amide bonds. The molecule has 0 saturated heterocycles. The maximum Gasteiger partial charge on any atom is 0.133 e. The average Bonchev–Trinajstić information content (AvgIpc) is 2.38. The molecule has 98 valence electrons. The summed E-state index contributed by atoms with van der Waals surface area (Å²) in [6.45, 7) is 5.06. The molecule has 0 bridgehead atoms. The summed E-state index contributed by atoms with van der Waals surface area (Å²) in [7, 11) is 0. The first-order valence-electron chi connectivity index (χ1n) is 6.87. The van der Waals surface area contributed by atoms with Gasteiger partial charge in [-0.1, -0.05) is 38.1 Å². The van der Waals surface area contributed by atoms with Crippen LogP contribution in [0.5, 0.6) is 0 Å². The van der Waals surface area contributed by atoms with E-state index in [0.29, 0.717) is 31.1 Å². The van der Waals surface area contributed by atoms with Crippen molar-refractivity contribution < 1.29 is 9.53 Å². The van der Waals surface area contributed by atoms with Gasteiger partial charge in [-0.3, -0.25) is 4.79 Å². The van der Waals surface area contributed by atoms with Crippen LogP contribution in [0.4, 0.5) is 0 Å². The summed E-state index contributed by atoms with van der Waals surface area (Å²) >= 11 is 0. The van der Waals surface area contributed by atoms with Crippen LogP contribution in [0.1, 0.15) is 56.6 Å². The third-order valence-corrected chi connectivity index (χ3v) is 3.62. The van der Waals surface area contributed by atoms with Crippen LogP contribution in [-0.2, 0) is 16.1 Å². The fourth-order valence-electron chi connectivity index (χ4n) is 2.29. The van der Waals surface area contributed by atoms with Crippen LogP contribution in [0, 0.1) is 0 Å². The molecule has 2 heteroatoms. The Kier molecular flexibility index (Phi) is 4.54. The van der Waals surface area contributed by atoms with Crippen LogP contribution in [0.15, 0.2) is 24.3 Å². The minimum Gasteiger partial charge on any atom is -0.374 e. The summed E-state index contributed by atoms with van der Waals surface area (Å²) in [5, 5.41) is 0. The first-order chi connectivity index (χ1) is 8.65. The van der Waals surface area contributed by atoms with Gasteiger partial charge >= 0.3 is 0 Å². The SMILES string of the molecule is CC(C)c1ccc(COC2CCC(=O)CC2)cc1. The topological polar surface area (TPSA) is 26.3 Å². The van der Waals surface area contributed by atoms with Gasteiger partial charge in [-0.05, 0) is 29.9 Å². The first-order valence-corrected chi connectivity index (χ1v) is 6.87. The minimum atomic E-state index is 0.271. The predicted molar refractivity (Wildman–Crippen MR) is 72.6 cm³/mol. The number of hydrogen-bond acceptors (Lipinski definition) is 2. The summed E-state index contributed by atoms with van der Waals surface area (Å²) < 4.78 is 5.87. The molecular weight excluding hydrogens is 224 g/mol. The maximum atomic E-state index is 11.1. The van der Waals surface area contributed by atoms with Crippen molar-refractivity contribution in [1.29, 1.82) is 0 Å². The lowest BCUT2D eigenvalue weighted by molar-refractivity contribution is -0.123. The minimum absolute atomic E-state index is 0.271. The van der Waals surface area contributed by atoms with E-state index < -0.39 is 0 Å². The molecular formula is C16H22O2. The lowest BCUT2D eigenvalue weighted by Crippen LogP contribution is -2.21. The van der Waals surface area contributed by atoms with Gasteiger partial charge < -0.3 is 4.74 Å². The van der Waals surface area contributed by atoms with E-state index in [1.165, 1.54) is 11.1 Å². The van der Waals surface area contributed by atoms with E-state index >= 15 is 0 Å². The highest BCUT2D eigenvalue weighted by Crippen LogP contribution is 2.20. The fraction of sp³-hybridized carbons (Fsp3) is 0.562. The summed E-state index contributed by atoms with van der Waals surface area (Å²) in [5.41, 5.74) is 2.58. The van der Waals surface area contributed by atoms with Crippen LogP contribution in [0.25, 0.3) is 0 Å². The van der Waals surface area contributed by atoms with E-state index in [2.05, 4.69) is 38.1 Å². The number of benzene rings is 1. The van der Waals surface area contributed by atoms with Crippen LogP contribution < -0.4 is 0 Å². The zero-order valence-corrected chi connectivity index (χ0v) is 11.3. The molecule has 0 unspecified atom stereocenters. The summed E-state index contributed by atoms with van der Waals surface area (Å²) in [5.74, 6) is 0.959. The molecule has 0 radical (unpaired) electrons. The Morgan fingerprint density at radius 1 is 1.17 bits per heavy atom. The molecule has 1 saturated carbocycles. The second-order valence-electron chi connectivity index (χ2n) is 5.45. The first kappa shape index (κ1) is 13.3. The highest BCUT2D eigenvalue weighted by atomic mass is 16.5. The van der Waals surface area contributed by atoms with Crippen LogP contribution >= 0.6 is 0 Å². The molecule has 0 heterocycles. The second-order valence-corrected chi connectivity index (χ2v) is 5.45. The number of ketones is 1. The molecule has 0 aromatic heterocycles. The van der Waals surface area contributed by atoms with Crippen molar-refractivity contribution in [1.82, 2.24) is 0 Å². The van der Waals surface area contributed by atoms with E-state index in [1.807, 2.05) is 0 Å². The largest absolute Gasteiger partial charge is 0.374 e. The van der Waals surface area contributed by atoms with Gasteiger partial charge in [-0.25, -0.2) is 0 Å². The predicted octanol–water partition coefficient (Wildman–Crippen LogP) is 3.84. The number of hydrogen-bond donors (Lipinski definition) is 0. The molecule has 0 aliphatic heterocycles. The van der Waals surface area contributed by atoms with Crippen molar-refractivity contribution in [3.05, 3.63) is 35.4 Å². The van der Waals surface area contributed by atoms with Crippen molar-refractivity contribution in [2.75, 3.05) is 0 Å². The van der Waals surface area contributed by atoms with Crippen molar-refractivity contribution in [2.45, 2.75) is 58.2 Å². The van der Waals surface area contributed by atoms with E-state index in [-0.39, 0.29) is 6.10 Å². The van der Waals surface area contributed by atoms with Crippen molar-refractivity contribution in [2.24, 2.45) is 0 Å². The number of ether oxygens (including phenoxy) is 1. The molecule has 0 spiro atoms. The van der Waals surface area contributed by atoms with Gasteiger partial charge in [0.25, 0.3) is 0 Å². The maximum absolute atomic E-state index is 11.1. The molecule has 1 aromatic carbocycles. The quantitative estimate of drug-likeness (QED) is 0.807. The molecule has 1 aliphatic rings. The van der Waals surface area contributed by atoms with E-state index in [4.69, 9.17) is 4.74 Å². The van der Waals surface area contributed by atoms with Gasteiger partial charge in [-0.2, -0.15) is 0 Å². The van der Waals surface area contributed by atoms with Gasteiger partial charge in [0.1, 0.15) is 5.78 Å². The van der Waals surface area contributed by atoms with Crippen molar-refractivity contribution in [3.8, 4) is 0 Å². The molecule has 2 nitrogen and oxygen atoms in total. The Bertz CT molecular complexity index is 382. The Hall–Kier alpha value is -1.15. The zero-order valence-electron chi connectivity index (χ0n) is 11.3. The highest BCUT2D eigenvalue weighted by Gasteiger charge is 2.18. The molecule has 18 heavy (non-hydrogen) atoms. The normalized spacial score (nSPS) is 17.4. The Morgan fingerprint density at radius 2 is 1.78 bits per heavy atom. The molecule has 0 N–H and O–H groups in total. The van der Waals surface area contributed by atoms with Gasteiger partial charge in [0.15, 0.2) is 0 Å². The zero-order chi connectivity index (χ0) is 13.0. The lowest BCUT2D eigenvalue weighted by atomic mass is 9.96. The Morgan fingerprint density at radius 3 is 2.33 bits per heavy atom. The average molecular weight is 246 g/mol. The van der Waals surface area contributed by atoms with Crippen LogP contribution in [0.2, 0.25) is 0 Å². The number of carbonyl (C=O) groups excluding carboxylic acids is 1. The Labute approximate surface area is 109 Å². The van der Waals surface area contributed by atoms with E-state index in [9.17, 15) is 4.79 Å². The van der Waals surface area contributed by atoms with Crippen LogP contribution in [-0.4, -0.2) is 11.9 Å². The molecule has 1 fully saturated rings. The molecule has 2 rings (SSSR count). The van der Waals surface area contributed by atoms with Gasteiger partial charge in [0.05, 0.1) is 12.7 Å². The summed E-state index contributed by atoms with van der Waals surface area (Å²) in [6.07, 6.45) is 3.44. The molecule has 1 aliphatic carbocycles. The number of carbonyl (C=O) groups is 1. The van der Waals surface area contributed by atoms with Gasteiger partial charge in [0, 0.05) is 12.8 Å². The Balaban J connectivity index is 1.81. The highest BCUT2D eigenvalue weighted by molar-refractivity contribution is 5.79. The molecule has 1 aromatic rings. The van der Waals surface area contributed by atoms with Crippen molar-refractivity contribution >= 4 is 5.78 Å². The lowest BCUT2D eigenvalue weighted by Gasteiger charge is -2.21. The van der Waals surface area contributed by atoms with Crippen molar-refractivity contribution in [3.63, 3.8) is 0 Å². The second kappa shape index (κ2) is 6.14. The summed E-state index contributed by atoms with van der Waals surface area (Å²) in [4.78, 5) is 11.1. The standard InChI is InChI=1S/C16H22O2/c1-12(2)14-5-3-13(4-6-14)11-18-16-9-7-15(17)8-10-16/h3-6,12,16H,7-11H2,1-2H3. The number of rotatable bonds is 4. The fourth-order valence-corrected chi connectivity index (χ4v) is 2.29. The van der Waals surface area contributed by atoms with E-state index in [0.717, 1.165) is 12.8 Å². The third kappa shape index (κ3) is 3.67. The van der Waals surface area contributed by atoms with E-state index in [1.54, 1.807) is 0 Å². The van der Waals surface area contributed by atoms with Crippen LogP contribution in [0.3, 0.4) is 0 Å². The number of Topliss-reactive ketones (excluding diaryl/α,β-unsaturated/α-hetero) is 1. The third-order valence-electron chi connectivity index (χ3n) is 3.62. The van der Waals surface area contributed by atoms with Gasteiger partial charge in [0.2, 0.25) is 0 Å². The molecule has 0 atom stereocenters. The van der Waals surface area contributed by atoms with Gasteiger partial charge in [-0.15, -0.1) is 0 Å². The smallest absolute Gasteiger partial charge is 0.133 e. The summed E-state index contributed by atoms with van der Waals surface area (Å²) in [6, 6.07) is 8.63.